The molecule has 0 unspecified atom stereocenters. The molecule has 0 saturated carbocycles. The number of aliphatic hydroxyl groups is 1. The molecule has 0 spiro atoms. The maximum atomic E-state index is 8.48. The highest BCUT2D eigenvalue weighted by molar-refractivity contribution is 4.78. The van der Waals surface area contributed by atoms with Crippen LogP contribution in [-0.4, -0.2) is 31.9 Å². The summed E-state index contributed by atoms with van der Waals surface area (Å²) in [6, 6.07) is 0. The van der Waals surface area contributed by atoms with Crippen LogP contribution in [0.4, 0.5) is 0 Å². The molecule has 0 amide bonds. The first kappa shape index (κ1) is 7.14. The van der Waals surface area contributed by atoms with E-state index in [-0.39, 0.29) is 6.61 Å². The van der Waals surface area contributed by atoms with Gasteiger partial charge < -0.3 is 5.11 Å². The van der Waals surface area contributed by atoms with Crippen LogP contribution < -0.4 is 0 Å². The van der Waals surface area contributed by atoms with Crippen LogP contribution in [-0.2, 0) is 13.5 Å². The molecule has 10 heavy (non-hydrogen) atoms. The Labute approximate surface area is 58.7 Å². The number of aliphatic hydroxyl groups excluding tert-OH is 1. The van der Waals surface area contributed by atoms with Crippen LogP contribution >= 0.6 is 0 Å². The van der Waals surface area contributed by atoms with E-state index >= 15 is 0 Å². The number of aryl methyl sites for hydroxylation is 2. The fraction of sp³-hybridized carbons (Fsp3) is 0.800. The van der Waals surface area contributed by atoms with Crippen LogP contribution in [0.2, 0.25) is 0 Å². The standard InChI is InChI=1S/C5H10N4O/c1-9-5(3-2-4-10)6-7-8-9/h10H,2-4H2,1H3. The van der Waals surface area contributed by atoms with Gasteiger partial charge in [-0.2, -0.15) is 0 Å². The number of rotatable bonds is 3. The van der Waals surface area contributed by atoms with Crippen LogP contribution in [0.1, 0.15) is 12.2 Å². The van der Waals surface area contributed by atoms with Gasteiger partial charge in [0.2, 0.25) is 0 Å². The van der Waals surface area contributed by atoms with Gasteiger partial charge in [-0.15, -0.1) is 5.10 Å². The monoisotopic (exact) mass is 142 g/mol. The van der Waals surface area contributed by atoms with E-state index in [1.807, 2.05) is 0 Å². The molecule has 1 rings (SSSR count). The highest BCUT2D eigenvalue weighted by Gasteiger charge is 1.99. The number of hydrogen-bond acceptors (Lipinski definition) is 4. The molecule has 1 aromatic rings. The molecule has 1 heterocycles. The summed E-state index contributed by atoms with van der Waals surface area (Å²) < 4.78 is 1.61. The average Bonchev–Trinajstić information content (AvgIpc) is 2.31. The Balaban J connectivity index is 2.49. The van der Waals surface area contributed by atoms with Crippen LogP contribution in [0.5, 0.6) is 0 Å². The summed E-state index contributed by atoms with van der Waals surface area (Å²) in [6.45, 7) is 0.187. The quantitative estimate of drug-likeness (QED) is 0.596. The summed E-state index contributed by atoms with van der Waals surface area (Å²) in [7, 11) is 1.78. The molecule has 1 N–H and O–H groups in total. The van der Waals surface area contributed by atoms with Gasteiger partial charge >= 0.3 is 0 Å². The lowest BCUT2D eigenvalue weighted by atomic mass is 10.3. The zero-order chi connectivity index (χ0) is 7.40. The largest absolute Gasteiger partial charge is 0.396 e. The fourth-order valence-electron chi connectivity index (χ4n) is 0.697. The number of tetrazole rings is 1. The first-order valence-electron chi connectivity index (χ1n) is 3.16. The maximum absolute atomic E-state index is 8.48. The molecule has 0 aliphatic heterocycles. The topological polar surface area (TPSA) is 63.8 Å². The zero-order valence-corrected chi connectivity index (χ0v) is 5.86. The summed E-state index contributed by atoms with van der Waals surface area (Å²) in [5.41, 5.74) is 0. The van der Waals surface area contributed by atoms with E-state index in [1.54, 1.807) is 11.7 Å². The van der Waals surface area contributed by atoms with Crippen molar-refractivity contribution >= 4 is 0 Å². The minimum absolute atomic E-state index is 0.187. The van der Waals surface area contributed by atoms with Crippen molar-refractivity contribution in [1.29, 1.82) is 0 Å². The van der Waals surface area contributed by atoms with Gasteiger partial charge in [-0.3, -0.25) is 0 Å². The van der Waals surface area contributed by atoms with Crippen molar-refractivity contribution in [1.82, 2.24) is 20.2 Å². The van der Waals surface area contributed by atoms with Crippen molar-refractivity contribution in [2.45, 2.75) is 12.8 Å². The lowest BCUT2D eigenvalue weighted by Gasteiger charge is -1.93. The lowest BCUT2D eigenvalue weighted by molar-refractivity contribution is 0.287. The van der Waals surface area contributed by atoms with E-state index in [1.165, 1.54) is 0 Å². The Hall–Kier alpha value is -0.970. The second-order valence-electron chi connectivity index (χ2n) is 2.05. The highest BCUT2D eigenvalue weighted by Crippen LogP contribution is 1.92. The fourth-order valence-corrected chi connectivity index (χ4v) is 0.697. The first-order valence-corrected chi connectivity index (χ1v) is 3.16. The molecule has 0 aliphatic rings. The van der Waals surface area contributed by atoms with E-state index in [0.29, 0.717) is 6.42 Å². The van der Waals surface area contributed by atoms with Crippen molar-refractivity contribution in [3.05, 3.63) is 5.82 Å². The van der Waals surface area contributed by atoms with Crippen LogP contribution in [0.25, 0.3) is 0 Å². The summed E-state index contributed by atoms with van der Waals surface area (Å²) in [5.74, 6) is 0.814. The number of aromatic nitrogens is 4. The number of nitrogens with zero attached hydrogens (tertiary/aromatic N) is 4. The molecule has 5 nitrogen and oxygen atoms in total. The molecule has 0 fully saturated rings. The van der Waals surface area contributed by atoms with E-state index in [0.717, 1.165) is 12.2 Å². The third kappa shape index (κ3) is 1.51. The van der Waals surface area contributed by atoms with E-state index in [2.05, 4.69) is 15.5 Å². The van der Waals surface area contributed by atoms with Crippen LogP contribution in [0.15, 0.2) is 0 Å². The van der Waals surface area contributed by atoms with Gasteiger partial charge in [0.25, 0.3) is 0 Å². The van der Waals surface area contributed by atoms with E-state index < -0.39 is 0 Å². The predicted octanol–water partition coefficient (Wildman–Crippen LogP) is -0.865. The summed E-state index contributed by atoms with van der Waals surface area (Å²) in [6.07, 6.45) is 1.45. The van der Waals surface area contributed by atoms with Crippen molar-refractivity contribution in [2.24, 2.45) is 7.05 Å². The van der Waals surface area contributed by atoms with Gasteiger partial charge in [0.1, 0.15) is 0 Å². The minimum Gasteiger partial charge on any atom is -0.396 e. The Morgan fingerprint density at radius 3 is 2.90 bits per heavy atom. The summed E-state index contributed by atoms with van der Waals surface area (Å²) >= 11 is 0. The molecule has 0 aliphatic carbocycles. The Morgan fingerprint density at radius 2 is 2.40 bits per heavy atom. The molecule has 56 valence electrons. The molecule has 0 aromatic carbocycles. The Morgan fingerprint density at radius 1 is 1.60 bits per heavy atom. The smallest absolute Gasteiger partial charge is 0.151 e. The minimum atomic E-state index is 0.187. The van der Waals surface area contributed by atoms with Gasteiger partial charge in [-0.25, -0.2) is 4.68 Å². The second kappa shape index (κ2) is 3.26. The van der Waals surface area contributed by atoms with Gasteiger partial charge in [-0.05, 0) is 16.8 Å². The van der Waals surface area contributed by atoms with Gasteiger partial charge in [-0.1, -0.05) is 0 Å². The van der Waals surface area contributed by atoms with Gasteiger partial charge in [0.05, 0.1) is 0 Å². The molecular formula is C5H10N4O. The zero-order valence-electron chi connectivity index (χ0n) is 5.86. The van der Waals surface area contributed by atoms with Crippen LogP contribution in [0, 0.1) is 0 Å². The first-order chi connectivity index (χ1) is 4.84. The molecule has 0 atom stereocenters. The second-order valence-corrected chi connectivity index (χ2v) is 2.05. The highest BCUT2D eigenvalue weighted by atomic mass is 16.2. The maximum Gasteiger partial charge on any atom is 0.151 e. The van der Waals surface area contributed by atoms with Crippen molar-refractivity contribution in [3.63, 3.8) is 0 Å². The molecule has 0 radical (unpaired) electrons. The average molecular weight is 142 g/mol. The van der Waals surface area contributed by atoms with Crippen molar-refractivity contribution in [2.75, 3.05) is 6.61 Å². The SMILES string of the molecule is Cn1nnnc1CCCO. The van der Waals surface area contributed by atoms with Gasteiger partial charge in [0, 0.05) is 20.1 Å². The normalized spacial score (nSPS) is 10.2. The number of hydrogen-bond donors (Lipinski definition) is 1. The van der Waals surface area contributed by atoms with E-state index in [9.17, 15) is 0 Å². The third-order valence-electron chi connectivity index (χ3n) is 1.27. The molecule has 0 bridgehead atoms. The molecule has 1 aromatic heterocycles. The van der Waals surface area contributed by atoms with Crippen LogP contribution in [0.3, 0.4) is 0 Å². The summed E-state index contributed by atoms with van der Waals surface area (Å²) in [5, 5.41) is 19.3. The predicted molar refractivity (Wildman–Crippen MR) is 34.2 cm³/mol. The third-order valence-corrected chi connectivity index (χ3v) is 1.27. The Bertz CT molecular complexity index is 197. The molecule has 5 heteroatoms. The van der Waals surface area contributed by atoms with Crippen molar-refractivity contribution < 1.29 is 5.11 Å². The molecular weight excluding hydrogens is 132 g/mol. The van der Waals surface area contributed by atoms with E-state index in [4.69, 9.17) is 5.11 Å². The van der Waals surface area contributed by atoms with Crippen molar-refractivity contribution in [3.8, 4) is 0 Å². The van der Waals surface area contributed by atoms with Gasteiger partial charge in [0.15, 0.2) is 5.82 Å². The Kier molecular flexibility index (Phi) is 2.33. The lowest BCUT2D eigenvalue weighted by Crippen LogP contribution is -2.00. The molecule has 0 saturated heterocycles. The summed E-state index contributed by atoms with van der Waals surface area (Å²) in [4.78, 5) is 0.